The number of pyridine rings is 1. The monoisotopic (exact) mass is 565 g/mol. The van der Waals surface area contributed by atoms with Gasteiger partial charge in [-0.1, -0.05) is 13.1 Å². The van der Waals surface area contributed by atoms with Crippen molar-refractivity contribution in [3.05, 3.63) is 52.4 Å². The number of rotatable bonds is 7. The molecule has 206 valence electrons. The van der Waals surface area contributed by atoms with Crippen molar-refractivity contribution in [2.75, 3.05) is 29.9 Å². The second kappa shape index (κ2) is 9.27. The van der Waals surface area contributed by atoms with Gasteiger partial charge in [-0.05, 0) is 55.3 Å². The van der Waals surface area contributed by atoms with E-state index in [9.17, 15) is 31.9 Å². The largest absolute Gasteiger partial charge is 0.395 e. The van der Waals surface area contributed by atoms with E-state index in [1.54, 1.807) is 0 Å². The lowest BCUT2D eigenvalue weighted by molar-refractivity contribution is -0.104. The van der Waals surface area contributed by atoms with Crippen molar-refractivity contribution in [3.63, 3.8) is 0 Å². The zero-order valence-corrected chi connectivity index (χ0v) is 23.4. The molecule has 2 saturated carbocycles. The lowest BCUT2D eigenvalue weighted by Crippen LogP contribution is -2.43. The number of carbonyl (C=O) groups excluding carboxylic acids is 1. The lowest BCUT2D eigenvalue weighted by atomic mass is 9.88. The van der Waals surface area contributed by atoms with Crippen LogP contribution in [0.1, 0.15) is 42.1 Å². The second-order valence-corrected chi connectivity index (χ2v) is 19.4. The maximum Gasteiger partial charge on any atom is 0.274 e. The van der Waals surface area contributed by atoms with E-state index in [0.717, 1.165) is 12.1 Å². The third-order valence-electron chi connectivity index (χ3n) is 8.33. The second-order valence-electron chi connectivity index (χ2n) is 11.7. The Morgan fingerprint density at radius 3 is 2.39 bits per heavy atom. The quantitative estimate of drug-likeness (QED) is 0.493. The SMILES string of the molecule is C[Si]1(C)CCN(c2cc(S(=O)(=O)C3(CO)CC3)ccc2C(=O)Nc2cccn(C3CC(F)(F)C3)c2=O)CC1. The number of aromatic nitrogens is 1. The minimum atomic E-state index is -3.81. The molecule has 2 aromatic rings. The van der Waals surface area contributed by atoms with Crippen molar-refractivity contribution >= 4 is 35.2 Å². The smallest absolute Gasteiger partial charge is 0.274 e. The van der Waals surface area contributed by atoms with Gasteiger partial charge in [0, 0.05) is 38.2 Å². The third kappa shape index (κ3) is 4.82. The highest BCUT2D eigenvalue weighted by Gasteiger charge is 2.54. The van der Waals surface area contributed by atoms with Crippen molar-refractivity contribution in [2.45, 2.75) is 72.5 Å². The van der Waals surface area contributed by atoms with Gasteiger partial charge in [-0.15, -0.1) is 0 Å². The summed E-state index contributed by atoms with van der Waals surface area (Å²) >= 11 is 0. The van der Waals surface area contributed by atoms with Gasteiger partial charge in [0.2, 0.25) is 0 Å². The lowest BCUT2D eigenvalue weighted by Gasteiger charge is -2.38. The number of carbonyl (C=O) groups is 1. The minimum Gasteiger partial charge on any atom is -0.395 e. The number of anilines is 2. The Morgan fingerprint density at radius 2 is 1.82 bits per heavy atom. The number of hydrogen-bond acceptors (Lipinski definition) is 6. The molecule has 0 atom stereocenters. The van der Waals surface area contributed by atoms with E-state index < -0.39 is 65.5 Å². The predicted molar refractivity (Wildman–Crippen MR) is 144 cm³/mol. The Balaban J connectivity index is 1.47. The van der Waals surface area contributed by atoms with Crippen LogP contribution in [0, 0.1) is 0 Å². The van der Waals surface area contributed by atoms with Gasteiger partial charge in [-0.25, -0.2) is 17.2 Å². The first kappa shape index (κ1) is 27.0. The van der Waals surface area contributed by atoms with Crippen LogP contribution in [0.15, 0.2) is 46.2 Å². The molecule has 0 radical (unpaired) electrons. The van der Waals surface area contributed by atoms with E-state index in [4.69, 9.17) is 0 Å². The van der Waals surface area contributed by atoms with Crippen LogP contribution in [0.5, 0.6) is 0 Å². The van der Waals surface area contributed by atoms with Crippen LogP contribution in [-0.4, -0.2) is 62.4 Å². The molecule has 1 aromatic heterocycles. The van der Waals surface area contributed by atoms with Crippen LogP contribution in [0.25, 0.3) is 0 Å². The fraction of sp³-hybridized carbons (Fsp3) is 0.538. The molecule has 0 unspecified atom stereocenters. The molecule has 1 saturated heterocycles. The van der Waals surface area contributed by atoms with E-state index in [-0.39, 0.29) is 16.1 Å². The van der Waals surface area contributed by atoms with E-state index in [0.29, 0.717) is 31.6 Å². The number of nitrogens with one attached hydrogen (secondary N) is 1. The van der Waals surface area contributed by atoms with E-state index >= 15 is 0 Å². The van der Waals surface area contributed by atoms with Crippen LogP contribution in [0.3, 0.4) is 0 Å². The van der Waals surface area contributed by atoms with Gasteiger partial charge < -0.3 is 19.9 Å². The van der Waals surface area contributed by atoms with Crippen molar-refractivity contribution in [1.82, 2.24) is 4.57 Å². The van der Waals surface area contributed by atoms with Gasteiger partial charge in [0.25, 0.3) is 17.4 Å². The Hall–Kier alpha value is -2.57. The Kier molecular flexibility index (Phi) is 6.59. The first-order valence-electron chi connectivity index (χ1n) is 12.9. The van der Waals surface area contributed by atoms with E-state index in [1.807, 2.05) is 4.90 Å². The van der Waals surface area contributed by atoms with Gasteiger partial charge in [0.05, 0.1) is 35.6 Å². The van der Waals surface area contributed by atoms with E-state index in [1.165, 1.54) is 41.1 Å². The van der Waals surface area contributed by atoms with Crippen molar-refractivity contribution in [2.24, 2.45) is 0 Å². The third-order valence-corrected chi connectivity index (χ3v) is 14.0. The summed E-state index contributed by atoms with van der Waals surface area (Å²) in [5, 5.41) is 12.4. The minimum absolute atomic E-state index is 0.0280. The van der Waals surface area contributed by atoms with Crippen LogP contribution in [0.2, 0.25) is 25.2 Å². The van der Waals surface area contributed by atoms with Gasteiger partial charge in [0.1, 0.15) is 5.69 Å². The Morgan fingerprint density at radius 1 is 1.16 bits per heavy atom. The topological polar surface area (TPSA) is 109 Å². The summed E-state index contributed by atoms with van der Waals surface area (Å²) in [5.41, 5.74) is 0.104. The zero-order valence-electron chi connectivity index (χ0n) is 21.5. The molecule has 12 heteroatoms. The maximum atomic E-state index is 13.5. The molecule has 1 aliphatic heterocycles. The molecular formula is C26H33F2N3O5SSi. The van der Waals surface area contributed by atoms with Crippen molar-refractivity contribution in [3.8, 4) is 0 Å². The van der Waals surface area contributed by atoms with E-state index in [2.05, 4.69) is 18.4 Å². The first-order valence-corrected chi connectivity index (χ1v) is 17.8. The highest BCUT2D eigenvalue weighted by atomic mass is 32.2. The average Bonchev–Trinajstić information content (AvgIpc) is 3.65. The highest BCUT2D eigenvalue weighted by Crippen LogP contribution is 2.47. The van der Waals surface area contributed by atoms with Crippen molar-refractivity contribution < 1.29 is 27.1 Å². The van der Waals surface area contributed by atoms with Gasteiger partial charge in [0.15, 0.2) is 9.84 Å². The fourth-order valence-corrected chi connectivity index (χ4v) is 9.12. The summed E-state index contributed by atoms with van der Waals surface area (Å²) < 4.78 is 53.4. The summed E-state index contributed by atoms with van der Waals surface area (Å²) in [5.74, 6) is -3.37. The highest BCUT2D eigenvalue weighted by molar-refractivity contribution is 7.93. The van der Waals surface area contributed by atoms with Gasteiger partial charge in [-0.2, -0.15) is 0 Å². The summed E-state index contributed by atoms with van der Waals surface area (Å²) in [7, 11) is -5.18. The number of nitrogens with zero attached hydrogens (tertiary/aromatic N) is 2. The average molecular weight is 566 g/mol. The molecule has 2 heterocycles. The first-order chi connectivity index (χ1) is 17.8. The van der Waals surface area contributed by atoms with Crippen molar-refractivity contribution in [1.29, 1.82) is 0 Å². The number of alkyl halides is 2. The molecule has 1 amide bonds. The number of aliphatic hydroxyl groups is 1. The molecular weight excluding hydrogens is 532 g/mol. The number of amides is 1. The van der Waals surface area contributed by atoms with Crippen LogP contribution >= 0.6 is 0 Å². The van der Waals surface area contributed by atoms with Gasteiger partial charge >= 0.3 is 0 Å². The number of halogens is 2. The predicted octanol–water partition coefficient (Wildman–Crippen LogP) is 3.90. The Bertz CT molecular complexity index is 1420. The number of benzene rings is 1. The molecule has 8 nitrogen and oxygen atoms in total. The molecule has 3 aliphatic rings. The summed E-state index contributed by atoms with van der Waals surface area (Å²) in [6.45, 7) is 5.51. The number of hydrogen-bond donors (Lipinski definition) is 2. The molecule has 38 heavy (non-hydrogen) atoms. The molecule has 5 rings (SSSR count). The zero-order chi connectivity index (χ0) is 27.5. The summed E-state index contributed by atoms with van der Waals surface area (Å²) in [6.07, 6.45) is 1.38. The normalized spacial score (nSPS) is 22.0. The summed E-state index contributed by atoms with van der Waals surface area (Å²) in [6, 6.07) is 8.66. The number of sulfone groups is 1. The van der Waals surface area contributed by atoms with Crippen LogP contribution < -0.4 is 15.8 Å². The summed E-state index contributed by atoms with van der Waals surface area (Å²) in [4.78, 5) is 28.5. The fourth-order valence-electron chi connectivity index (χ4n) is 5.30. The molecule has 2 aliphatic carbocycles. The molecule has 0 spiro atoms. The van der Waals surface area contributed by atoms with Crippen LogP contribution in [-0.2, 0) is 9.84 Å². The molecule has 1 aromatic carbocycles. The van der Waals surface area contributed by atoms with Crippen LogP contribution in [0.4, 0.5) is 20.2 Å². The molecule has 3 fully saturated rings. The Labute approximate surface area is 221 Å². The number of aliphatic hydroxyl groups excluding tert-OH is 1. The van der Waals surface area contributed by atoms with Gasteiger partial charge in [-0.3, -0.25) is 9.59 Å². The maximum absolute atomic E-state index is 13.5. The molecule has 0 bridgehead atoms. The molecule has 2 N–H and O–H groups in total. The standard InChI is InChI=1S/C26H33F2N3O5SSi/c1-38(2)12-10-30(11-13-38)22-14-19(37(35,36)25(17-32)7-8-25)5-6-20(22)23(33)29-21-4-3-9-31(24(21)34)18-15-26(27,28)16-18/h3-6,9,14,18,32H,7-8,10-13,15-17H2,1-2H3,(H,29,33).